The van der Waals surface area contributed by atoms with E-state index in [0.717, 1.165) is 19.4 Å². The van der Waals surface area contributed by atoms with E-state index in [-0.39, 0.29) is 5.97 Å². The van der Waals surface area contributed by atoms with E-state index >= 15 is 0 Å². The van der Waals surface area contributed by atoms with Gasteiger partial charge in [-0.25, -0.2) is 0 Å². The number of carbonyl (C=O) groups is 1. The molecule has 0 heterocycles. The van der Waals surface area contributed by atoms with Crippen molar-refractivity contribution in [3.63, 3.8) is 0 Å². The third-order valence-electron chi connectivity index (χ3n) is 1.88. The zero-order valence-corrected chi connectivity index (χ0v) is 9.14. The van der Waals surface area contributed by atoms with Crippen molar-refractivity contribution >= 4 is 5.97 Å². The first-order chi connectivity index (χ1) is 6.04. The quantitative estimate of drug-likeness (QED) is 0.508. The van der Waals surface area contributed by atoms with Crippen molar-refractivity contribution in [2.45, 2.75) is 46.1 Å². The standard InChI is InChI=1S/C10H21NO2/c1-5-7-8-11-10(3,4)9(12)13-6-2/h11H,5-8H2,1-4H3. The van der Waals surface area contributed by atoms with Gasteiger partial charge in [0.2, 0.25) is 0 Å². The maximum Gasteiger partial charge on any atom is 0.325 e. The van der Waals surface area contributed by atoms with Gasteiger partial charge >= 0.3 is 5.97 Å². The van der Waals surface area contributed by atoms with Gasteiger partial charge < -0.3 is 10.1 Å². The molecule has 0 aromatic heterocycles. The van der Waals surface area contributed by atoms with Crippen LogP contribution in [0, 0.1) is 0 Å². The van der Waals surface area contributed by atoms with E-state index in [1.54, 1.807) is 0 Å². The van der Waals surface area contributed by atoms with E-state index < -0.39 is 5.54 Å². The van der Waals surface area contributed by atoms with Crippen LogP contribution in [0.4, 0.5) is 0 Å². The lowest BCUT2D eigenvalue weighted by Crippen LogP contribution is -2.48. The Labute approximate surface area is 80.8 Å². The maximum absolute atomic E-state index is 11.4. The zero-order chi connectivity index (χ0) is 10.3. The molecule has 13 heavy (non-hydrogen) atoms. The zero-order valence-electron chi connectivity index (χ0n) is 9.14. The van der Waals surface area contributed by atoms with Crippen molar-refractivity contribution < 1.29 is 9.53 Å². The van der Waals surface area contributed by atoms with Gasteiger partial charge in [-0.05, 0) is 33.7 Å². The lowest BCUT2D eigenvalue weighted by molar-refractivity contribution is -0.149. The fraction of sp³-hybridized carbons (Fsp3) is 0.900. The first kappa shape index (κ1) is 12.4. The van der Waals surface area contributed by atoms with Crippen molar-refractivity contribution in [2.75, 3.05) is 13.2 Å². The number of carbonyl (C=O) groups excluding carboxylic acids is 1. The SMILES string of the molecule is CCCCNC(C)(C)C(=O)OCC. The summed E-state index contributed by atoms with van der Waals surface area (Å²) in [6, 6.07) is 0. The number of unbranched alkanes of at least 4 members (excludes halogenated alkanes) is 1. The van der Waals surface area contributed by atoms with Crippen molar-refractivity contribution in [2.24, 2.45) is 0 Å². The first-order valence-electron chi connectivity index (χ1n) is 4.96. The molecule has 0 spiro atoms. The average molecular weight is 187 g/mol. The van der Waals surface area contributed by atoms with Crippen LogP contribution in [-0.2, 0) is 9.53 Å². The van der Waals surface area contributed by atoms with Gasteiger partial charge in [-0.2, -0.15) is 0 Å². The molecule has 0 saturated carbocycles. The van der Waals surface area contributed by atoms with Crippen molar-refractivity contribution in [3.8, 4) is 0 Å². The normalized spacial score (nSPS) is 11.4. The fourth-order valence-corrected chi connectivity index (χ4v) is 0.961. The van der Waals surface area contributed by atoms with Gasteiger partial charge in [0.1, 0.15) is 5.54 Å². The maximum atomic E-state index is 11.4. The van der Waals surface area contributed by atoms with Gasteiger partial charge in [-0.1, -0.05) is 13.3 Å². The molecule has 0 saturated heterocycles. The summed E-state index contributed by atoms with van der Waals surface area (Å²) in [6.45, 7) is 8.94. The van der Waals surface area contributed by atoms with E-state index in [2.05, 4.69) is 12.2 Å². The minimum absolute atomic E-state index is 0.175. The molecule has 1 N–H and O–H groups in total. The summed E-state index contributed by atoms with van der Waals surface area (Å²) in [5, 5.41) is 3.17. The summed E-state index contributed by atoms with van der Waals surface area (Å²) >= 11 is 0. The van der Waals surface area contributed by atoms with Crippen LogP contribution >= 0.6 is 0 Å². The molecular formula is C10H21NO2. The number of rotatable bonds is 6. The molecule has 0 radical (unpaired) electrons. The third kappa shape index (κ3) is 4.88. The summed E-state index contributed by atoms with van der Waals surface area (Å²) in [5.41, 5.74) is -0.550. The molecule has 0 aliphatic carbocycles. The molecule has 0 unspecified atom stereocenters. The Morgan fingerprint density at radius 1 is 1.38 bits per heavy atom. The van der Waals surface area contributed by atoms with Gasteiger partial charge in [-0.3, -0.25) is 4.79 Å². The minimum Gasteiger partial charge on any atom is -0.465 e. The highest BCUT2D eigenvalue weighted by Crippen LogP contribution is 2.05. The van der Waals surface area contributed by atoms with Crippen LogP contribution in [0.2, 0.25) is 0 Å². The fourth-order valence-electron chi connectivity index (χ4n) is 0.961. The molecular weight excluding hydrogens is 166 g/mol. The molecule has 0 atom stereocenters. The van der Waals surface area contributed by atoms with E-state index in [1.165, 1.54) is 0 Å². The van der Waals surface area contributed by atoms with E-state index in [9.17, 15) is 4.79 Å². The third-order valence-corrected chi connectivity index (χ3v) is 1.88. The van der Waals surface area contributed by atoms with Gasteiger partial charge in [0.15, 0.2) is 0 Å². The molecule has 3 heteroatoms. The summed E-state index contributed by atoms with van der Waals surface area (Å²) in [7, 11) is 0. The molecule has 0 aromatic rings. The van der Waals surface area contributed by atoms with Crippen LogP contribution < -0.4 is 5.32 Å². The monoisotopic (exact) mass is 187 g/mol. The second-order valence-electron chi connectivity index (χ2n) is 3.63. The Morgan fingerprint density at radius 3 is 2.46 bits per heavy atom. The summed E-state index contributed by atoms with van der Waals surface area (Å²) in [6.07, 6.45) is 2.22. The Balaban J connectivity index is 3.83. The second kappa shape index (κ2) is 5.97. The van der Waals surface area contributed by atoms with Crippen LogP contribution in [0.1, 0.15) is 40.5 Å². The van der Waals surface area contributed by atoms with E-state index in [4.69, 9.17) is 4.74 Å². The van der Waals surface area contributed by atoms with Crippen LogP contribution in [0.25, 0.3) is 0 Å². The summed E-state index contributed by atoms with van der Waals surface area (Å²) in [5.74, 6) is -0.175. The van der Waals surface area contributed by atoms with Gasteiger partial charge in [0.05, 0.1) is 6.61 Å². The molecule has 0 rings (SSSR count). The highest BCUT2D eigenvalue weighted by atomic mass is 16.5. The first-order valence-corrected chi connectivity index (χ1v) is 4.96. The minimum atomic E-state index is -0.550. The van der Waals surface area contributed by atoms with Crippen LogP contribution in [0.3, 0.4) is 0 Å². The molecule has 0 bridgehead atoms. The Bertz CT molecular complexity index is 155. The second-order valence-corrected chi connectivity index (χ2v) is 3.63. The molecule has 3 nitrogen and oxygen atoms in total. The number of hydrogen-bond acceptors (Lipinski definition) is 3. The Kier molecular flexibility index (Phi) is 5.71. The van der Waals surface area contributed by atoms with Gasteiger partial charge in [-0.15, -0.1) is 0 Å². The molecule has 0 aliphatic heterocycles. The lowest BCUT2D eigenvalue weighted by atomic mass is 10.1. The van der Waals surface area contributed by atoms with E-state index in [0.29, 0.717) is 6.61 Å². The topological polar surface area (TPSA) is 38.3 Å². The number of esters is 1. The molecule has 0 aliphatic rings. The predicted octanol–water partition coefficient (Wildman–Crippen LogP) is 1.72. The predicted molar refractivity (Wildman–Crippen MR) is 53.6 cm³/mol. The smallest absolute Gasteiger partial charge is 0.325 e. The number of nitrogens with one attached hydrogen (secondary N) is 1. The Morgan fingerprint density at radius 2 is 2.00 bits per heavy atom. The highest BCUT2D eigenvalue weighted by Gasteiger charge is 2.27. The molecule has 0 fully saturated rings. The average Bonchev–Trinajstić information content (AvgIpc) is 2.05. The number of hydrogen-bond donors (Lipinski definition) is 1. The van der Waals surface area contributed by atoms with E-state index in [1.807, 2.05) is 20.8 Å². The van der Waals surface area contributed by atoms with Crippen LogP contribution in [-0.4, -0.2) is 24.7 Å². The molecule has 0 aromatic carbocycles. The van der Waals surface area contributed by atoms with Gasteiger partial charge in [0.25, 0.3) is 0 Å². The van der Waals surface area contributed by atoms with Gasteiger partial charge in [0, 0.05) is 0 Å². The summed E-state index contributed by atoms with van der Waals surface area (Å²) < 4.78 is 4.94. The summed E-state index contributed by atoms with van der Waals surface area (Å²) in [4.78, 5) is 11.4. The molecule has 0 amide bonds. The number of ether oxygens (including phenoxy) is 1. The van der Waals surface area contributed by atoms with Crippen LogP contribution in [0.5, 0.6) is 0 Å². The Hall–Kier alpha value is -0.570. The largest absolute Gasteiger partial charge is 0.465 e. The van der Waals surface area contributed by atoms with Crippen molar-refractivity contribution in [1.29, 1.82) is 0 Å². The van der Waals surface area contributed by atoms with Crippen LogP contribution in [0.15, 0.2) is 0 Å². The lowest BCUT2D eigenvalue weighted by Gasteiger charge is -2.23. The van der Waals surface area contributed by atoms with Crippen molar-refractivity contribution in [3.05, 3.63) is 0 Å². The van der Waals surface area contributed by atoms with Crippen molar-refractivity contribution in [1.82, 2.24) is 5.32 Å². The molecule has 78 valence electrons. The highest BCUT2D eigenvalue weighted by molar-refractivity contribution is 5.79.